The number of benzene rings is 1. The first-order chi connectivity index (χ1) is 6.16. The Hall–Kier alpha value is -0.310. The van der Waals surface area contributed by atoms with Crippen LogP contribution in [0, 0.1) is 5.82 Å². The third-order valence-electron chi connectivity index (χ3n) is 1.98. The van der Waals surface area contributed by atoms with Crippen molar-refractivity contribution in [2.24, 2.45) is 5.73 Å². The maximum absolute atomic E-state index is 13.4. The van der Waals surface area contributed by atoms with E-state index in [9.17, 15) is 4.39 Å². The smallest absolute Gasteiger partial charge is 0.146 e. The van der Waals surface area contributed by atoms with E-state index in [1.165, 1.54) is 6.07 Å². The standard InChI is InChI=1S/C10H13ClFN.ClH/c1-2-4-9(13)7-5-3-6-8(11)10(7)12;/h3,5-6,9H,2,4,13H2,1H3;1H/t9-;/m1./s1. The molecular weight excluding hydrogens is 224 g/mol. The molecule has 0 saturated heterocycles. The second-order valence-electron chi connectivity index (χ2n) is 3.04. The maximum Gasteiger partial charge on any atom is 0.146 e. The number of halogens is 3. The Labute approximate surface area is 94.9 Å². The van der Waals surface area contributed by atoms with E-state index in [1.807, 2.05) is 6.92 Å². The van der Waals surface area contributed by atoms with E-state index in [-0.39, 0.29) is 29.3 Å². The predicted molar refractivity (Wildman–Crippen MR) is 60.5 cm³/mol. The molecule has 0 aliphatic carbocycles. The van der Waals surface area contributed by atoms with Gasteiger partial charge in [-0.15, -0.1) is 12.4 Å². The zero-order valence-corrected chi connectivity index (χ0v) is 9.54. The van der Waals surface area contributed by atoms with Crippen molar-refractivity contribution in [1.82, 2.24) is 0 Å². The Morgan fingerprint density at radius 3 is 2.71 bits per heavy atom. The third kappa shape index (κ3) is 3.12. The molecule has 0 bridgehead atoms. The van der Waals surface area contributed by atoms with Gasteiger partial charge >= 0.3 is 0 Å². The largest absolute Gasteiger partial charge is 0.324 e. The highest BCUT2D eigenvalue weighted by molar-refractivity contribution is 6.30. The summed E-state index contributed by atoms with van der Waals surface area (Å²) >= 11 is 5.63. The van der Waals surface area contributed by atoms with E-state index >= 15 is 0 Å². The van der Waals surface area contributed by atoms with Crippen molar-refractivity contribution in [3.05, 3.63) is 34.6 Å². The second kappa shape index (κ2) is 6.23. The molecule has 0 amide bonds. The van der Waals surface area contributed by atoms with E-state index in [0.717, 1.165) is 12.8 Å². The molecule has 1 rings (SSSR count). The Kier molecular flexibility index (Phi) is 6.09. The van der Waals surface area contributed by atoms with Crippen LogP contribution in [0.3, 0.4) is 0 Å². The Morgan fingerprint density at radius 1 is 1.50 bits per heavy atom. The number of hydrogen-bond acceptors (Lipinski definition) is 1. The van der Waals surface area contributed by atoms with Gasteiger partial charge < -0.3 is 5.73 Å². The lowest BCUT2D eigenvalue weighted by atomic mass is 10.0. The molecule has 0 radical (unpaired) electrons. The van der Waals surface area contributed by atoms with Crippen LogP contribution in [0.15, 0.2) is 18.2 Å². The highest BCUT2D eigenvalue weighted by Gasteiger charge is 2.12. The van der Waals surface area contributed by atoms with Gasteiger partial charge in [0.1, 0.15) is 5.82 Å². The third-order valence-corrected chi connectivity index (χ3v) is 2.27. The van der Waals surface area contributed by atoms with Crippen molar-refractivity contribution in [3.63, 3.8) is 0 Å². The lowest BCUT2D eigenvalue weighted by molar-refractivity contribution is 0.560. The Morgan fingerprint density at radius 2 is 2.14 bits per heavy atom. The van der Waals surface area contributed by atoms with Crippen molar-refractivity contribution >= 4 is 24.0 Å². The van der Waals surface area contributed by atoms with Gasteiger partial charge in [-0.05, 0) is 12.5 Å². The van der Waals surface area contributed by atoms with E-state index in [4.69, 9.17) is 17.3 Å². The first-order valence-electron chi connectivity index (χ1n) is 4.36. The molecular formula is C10H14Cl2FN. The Bertz CT molecular complexity index is 291. The highest BCUT2D eigenvalue weighted by atomic mass is 35.5. The number of rotatable bonds is 3. The topological polar surface area (TPSA) is 26.0 Å². The predicted octanol–water partition coefficient (Wildman–Crippen LogP) is 3.70. The molecule has 1 aromatic carbocycles. The minimum atomic E-state index is -0.384. The van der Waals surface area contributed by atoms with Crippen molar-refractivity contribution in [1.29, 1.82) is 0 Å². The highest BCUT2D eigenvalue weighted by Crippen LogP contribution is 2.24. The van der Waals surface area contributed by atoms with E-state index in [1.54, 1.807) is 12.1 Å². The minimum absolute atomic E-state index is 0. The van der Waals surface area contributed by atoms with Gasteiger partial charge in [-0.25, -0.2) is 4.39 Å². The van der Waals surface area contributed by atoms with Gasteiger partial charge in [0, 0.05) is 11.6 Å². The fourth-order valence-electron chi connectivity index (χ4n) is 1.27. The summed E-state index contributed by atoms with van der Waals surface area (Å²) in [5, 5.41) is 0.143. The normalized spacial score (nSPS) is 12.0. The molecule has 0 saturated carbocycles. The van der Waals surface area contributed by atoms with Crippen LogP contribution in [-0.2, 0) is 0 Å². The summed E-state index contributed by atoms with van der Waals surface area (Å²) in [4.78, 5) is 0. The zero-order valence-electron chi connectivity index (χ0n) is 7.97. The van der Waals surface area contributed by atoms with Crippen LogP contribution in [0.25, 0.3) is 0 Å². The van der Waals surface area contributed by atoms with E-state index in [0.29, 0.717) is 5.56 Å². The van der Waals surface area contributed by atoms with Crippen LogP contribution in [0.1, 0.15) is 31.4 Å². The number of hydrogen-bond donors (Lipinski definition) is 1. The summed E-state index contributed by atoms with van der Waals surface area (Å²) in [6, 6.07) is 4.68. The van der Waals surface area contributed by atoms with E-state index in [2.05, 4.69) is 0 Å². The van der Waals surface area contributed by atoms with Crippen molar-refractivity contribution in [2.75, 3.05) is 0 Å². The molecule has 1 atom stereocenters. The quantitative estimate of drug-likeness (QED) is 0.853. The molecule has 14 heavy (non-hydrogen) atoms. The second-order valence-corrected chi connectivity index (χ2v) is 3.45. The summed E-state index contributed by atoms with van der Waals surface area (Å²) < 4.78 is 13.4. The van der Waals surface area contributed by atoms with Crippen molar-refractivity contribution in [3.8, 4) is 0 Å². The lowest BCUT2D eigenvalue weighted by Crippen LogP contribution is -2.11. The van der Waals surface area contributed by atoms with Crippen LogP contribution < -0.4 is 5.73 Å². The molecule has 4 heteroatoms. The van der Waals surface area contributed by atoms with Crippen LogP contribution in [0.4, 0.5) is 4.39 Å². The van der Waals surface area contributed by atoms with Crippen molar-refractivity contribution < 1.29 is 4.39 Å². The summed E-state index contributed by atoms with van der Waals surface area (Å²) in [7, 11) is 0. The SMILES string of the molecule is CCC[C@@H](N)c1cccc(Cl)c1F.Cl. The molecule has 0 heterocycles. The number of nitrogens with two attached hydrogens (primary N) is 1. The van der Waals surface area contributed by atoms with Crippen LogP contribution in [-0.4, -0.2) is 0 Å². The van der Waals surface area contributed by atoms with E-state index < -0.39 is 0 Å². The monoisotopic (exact) mass is 237 g/mol. The molecule has 2 N–H and O–H groups in total. The van der Waals surface area contributed by atoms with Crippen LogP contribution in [0.5, 0.6) is 0 Å². The summed E-state index contributed by atoms with van der Waals surface area (Å²) in [6.07, 6.45) is 1.71. The molecule has 0 unspecified atom stereocenters. The Balaban J connectivity index is 0.00000169. The first-order valence-corrected chi connectivity index (χ1v) is 4.74. The summed E-state index contributed by atoms with van der Waals surface area (Å²) in [6.45, 7) is 2.02. The van der Waals surface area contributed by atoms with Gasteiger partial charge in [0.15, 0.2) is 0 Å². The lowest BCUT2D eigenvalue weighted by Gasteiger charge is -2.11. The molecule has 0 fully saturated rings. The van der Waals surface area contributed by atoms with Gasteiger partial charge in [-0.3, -0.25) is 0 Å². The molecule has 0 aromatic heterocycles. The van der Waals surface area contributed by atoms with Gasteiger partial charge in [-0.2, -0.15) is 0 Å². The minimum Gasteiger partial charge on any atom is -0.324 e. The zero-order chi connectivity index (χ0) is 9.84. The molecule has 0 aliphatic rings. The molecule has 1 nitrogen and oxygen atoms in total. The van der Waals surface area contributed by atoms with Crippen molar-refractivity contribution in [2.45, 2.75) is 25.8 Å². The molecule has 1 aromatic rings. The first kappa shape index (κ1) is 13.7. The fourth-order valence-corrected chi connectivity index (χ4v) is 1.46. The summed E-state index contributed by atoms with van der Waals surface area (Å²) in [5.41, 5.74) is 6.29. The van der Waals surface area contributed by atoms with Gasteiger partial charge in [0.25, 0.3) is 0 Å². The van der Waals surface area contributed by atoms with Crippen LogP contribution in [0.2, 0.25) is 5.02 Å². The van der Waals surface area contributed by atoms with Gasteiger partial charge in [0.2, 0.25) is 0 Å². The maximum atomic E-state index is 13.4. The molecule has 0 spiro atoms. The molecule has 80 valence electrons. The summed E-state index contributed by atoms with van der Waals surface area (Å²) in [5.74, 6) is -0.384. The fraction of sp³-hybridized carbons (Fsp3) is 0.400. The molecule has 0 aliphatic heterocycles. The van der Waals surface area contributed by atoms with Crippen LogP contribution >= 0.6 is 24.0 Å². The average Bonchev–Trinajstić information content (AvgIpc) is 2.10. The van der Waals surface area contributed by atoms with Gasteiger partial charge in [0.05, 0.1) is 5.02 Å². The van der Waals surface area contributed by atoms with Gasteiger partial charge in [-0.1, -0.05) is 37.1 Å². The average molecular weight is 238 g/mol.